The number of nitrogens with one attached hydrogen (secondary N) is 1. The van der Waals surface area contributed by atoms with E-state index in [1.54, 1.807) is 19.0 Å². The SMILES string of the molecule is COC1CC(C(=O)N(c2ccc(S(F)(F)(F)(F)F)cc2)C(C(=O)NC2CCC(F)(F)CC2)c2cnccc2N(C)C)N(C#N)C1. The lowest BCUT2D eigenvalue weighted by Crippen LogP contribution is -2.52. The molecule has 1 aliphatic heterocycles. The van der Waals surface area contributed by atoms with Crippen LogP contribution in [0.4, 0.5) is 39.6 Å². The van der Waals surface area contributed by atoms with Gasteiger partial charge in [-0.25, -0.2) is 8.78 Å². The lowest BCUT2D eigenvalue weighted by Gasteiger charge is -2.41. The smallest absolute Gasteiger partial charge is 0.310 e. The summed E-state index contributed by atoms with van der Waals surface area (Å²) in [5.41, 5.74) is 0.129. The van der Waals surface area contributed by atoms with Crippen molar-refractivity contribution in [1.82, 2.24) is 15.2 Å². The number of nitriles is 1. The quantitative estimate of drug-likeness (QED) is 0.253. The Labute approximate surface area is 255 Å². The van der Waals surface area contributed by atoms with Gasteiger partial charge >= 0.3 is 10.2 Å². The van der Waals surface area contributed by atoms with Gasteiger partial charge in [0.25, 0.3) is 5.91 Å². The Bertz CT molecular complexity index is 1460. The third-order valence-corrected chi connectivity index (χ3v) is 9.14. The molecular weight excluding hydrogens is 633 g/mol. The minimum Gasteiger partial charge on any atom is -0.379 e. The average Bonchev–Trinajstić information content (AvgIpc) is 3.39. The molecule has 3 unspecified atom stereocenters. The van der Waals surface area contributed by atoms with Gasteiger partial charge in [0.15, 0.2) is 6.19 Å². The van der Waals surface area contributed by atoms with E-state index < -0.39 is 69.9 Å². The van der Waals surface area contributed by atoms with Gasteiger partial charge in [0.05, 0.1) is 12.6 Å². The molecule has 17 heteroatoms. The van der Waals surface area contributed by atoms with Crippen LogP contribution in [0.5, 0.6) is 0 Å². The summed E-state index contributed by atoms with van der Waals surface area (Å²) in [4.78, 5) is 33.9. The maximum atomic E-state index is 14.4. The summed E-state index contributed by atoms with van der Waals surface area (Å²) in [5, 5.41) is 12.5. The van der Waals surface area contributed by atoms with Gasteiger partial charge in [0, 0.05) is 75.8 Å². The van der Waals surface area contributed by atoms with E-state index in [-0.39, 0.29) is 49.2 Å². The Morgan fingerprint density at radius 3 is 2.27 bits per heavy atom. The third-order valence-electron chi connectivity index (χ3n) is 7.98. The van der Waals surface area contributed by atoms with Crippen LogP contribution in [0.1, 0.15) is 43.7 Å². The van der Waals surface area contributed by atoms with Crippen LogP contribution in [-0.4, -0.2) is 73.6 Å². The van der Waals surface area contributed by atoms with Gasteiger partial charge in [0.2, 0.25) is 11.8 Å². The second kappa shape index (κ2) is 11.5. The van der Waals surface area contributed by atoms with Crippen LogP contribution >= 0.6 is 10.2 Å². The van der Waals surface area contributed by atoms with Gasteiger partial charge in [-0.1, -0.05) is 19.4 Å². The van der Waals surface area contributed by atoms with E-state index in [1.807, 2.05) is 6.19 Å². The van der Waals surface area contributed by atoms with Crippen molar-refractivity contribution in [3.63, 3.8) is 0 Å². The van der Waals surface area contributed by atoms with Crippen LogP contribution in [-0.2, 0) is 14.3 Å². The molecule has 45 heavy (non-hydrogen) atoms. The molecule has 0 spiro atoms. The van der Waals surface area contributed by atoms with Gasteiger partial charge in [-0.15, -0.1) is 0 Å². The van der Waals surface area contributed by atoms with Crippen molar-refractivity contribution in [3.05, 3.63) is 48.3 Å². The van der Waals surface area contributed by atoms with Crippen molar-refractivity contribution in [1.29, 1.82) is 5.26 Å². The molecule has 248 valence electrons. The number of nitrogens with zero attached hydrogens (tertiary/aromatic N) is 5. The summed E-state index contributed by atoms with van der Waals surface area (Å²) < 4.78 is 101. The molecule has 9 nitrogen and oxygen atoms in total. The Morgan fingerprint density at radius 1 is 1.11 bits per heavy atom. The maximum Gasteiger partial charge on any atom is 0.310 e. The molecule has 2 amide bonds. The summed E-state index contributed by atoms with van der Waals surface area (Å²) in [6.45, 7) is 0.00336. The van der Waals surface area contributed by atoms with E-state index in [9.17, 15) is 43.1 Å². The van der Waals surface area contributed by atoms with E-state index in [1.165, 1.54) is 25.6 Å². The van der Waals surface area contributed by atoms with Crippen LogP contribution in [0.3, 0.4) is 0 Å². The molecule has 2 heterocycles. The standard InChI is InChI=1S/C28H33F7N6O3S/c1-39(2)23-10-13-37-15-22(23)25(26(42)38-18-8-11-28(29,30)12-9-18)41(27(43)24-14-20(44-3)16-40(24)17-36)19-4-6-21(7-5-19)45(31,32,33,34)35/h4-7,10,13,15,18,20,24-25H,8-9,11-12,14,16H2,1-3H3,(H,38,42). The van der Waals surface area contributed by atoms with E-state index >= 15 is 0 Å². The van der Waals surface area contributed by atoms with Crippen LogP contribution in [0, 0.1) is 11.5 Å². The van der Waals surface area contributed by atoms with E-state index in [0.29, 0.717) is 17.8 Å². The first kappa shape index (κ1) is 34.1. The predicted octanol–water partition coefficient (Wildman–Crippen LogP) is 6.14. The predicted molar refractivity (Wildman–Crippen MR) is 153 cm³/mol. The van der Waals surface area contributed by atoms with Crippen LogP contribution < -0.4 is 15.1 Å². The highest BCUT2D eigenvalue weighted by Gasteiger charge is 2.65. The first-order valence-electron chi connectivity index (χ1n) is 13.9. The molecule has 1 aromatic heterocycles. The number of carbonyl (C=O) groups is 2. The summed E-state index contributed by atoms with van der Waals surface area (Å²) in [6.07, 6.45) is 2.82. The van der Waals surface area contributed by atoms with E-state index in [0.717, 1.165) is 9.80 Å². The van der Waals surface area contributed by atoms with Crippen LogP contribution in [0.25, 0.3) is 0 Å². The highest BCUT2D eigenvalue weighted by molar-refractivity contribution is 8.45. The van der Waals surface area contributed by atoms with Crippen LogP contribution in [0.15, 0.2) is 47.6 Å². The first-order valence-corrected chi connectivity index (χ1v) is 15.9. The van der Waals surface area contributed by atoms with Gasteiger partial charge in [-0.2, -0.15) is 5.26 Å². The molecule has 1 saturated heterocycles. The molecular formula is C28H33F7N6O3S. The van der Waals surface area contributed by atoms with Crippen molar-refractivity contribution >= 4 is 33.4 Å². The van der Waals surface area contributed by atoms with Crippen molar-refractivity contribution < 1.29 is 42.5 Å². The van der Waals surface area contributed by atoms with Gasteiger partial charge in [0.1, 0.15) is 17.0 Å². The number of amides is 2. The topological polar surface area (TPSA) is 102 Å². The van der Waals surface area contributed by atoms with Crippen molar-refractivity contribution in [2.75, 3.05) is 37.5 Å². The highest BCUT2D eigenvalue weighted by atomic mass is 32.5. The fourth-order valence-electron chi connectivity index (χ4n) is 5.62. The molecule has 1 saturated carbocycles. The third kappa shape index (κ3) is 7.72. The zero-order chi connectivity index (χ0) is 33.4. The number of ether oxygens (including phenoxy) is 1. The first-order chi connectivity index (χ1) is 20.7. The maximum absolute atomic E-state index is 14.4. The monoisotopic (exact) mass is 666 g/mol. The molecule has 0 radical (unpaired) electrons. The molecule has 1 aromatic carbocycles. The number of likely N-dealkylation sites (tertiary alicyclic amines) is 1. The molecule has 0 bridgehead atoms. The number of pyridine rings is 1. The zero-order valence-electron chi connectivity index (χ0n) is 24.6. The molecule has 4 rings (SSSR count). The lowest BCUT2D eigenvalue weighted by molar-refractivity contribution is -0.129. The van der Waals surface area contributed by atoms with Crippen LogP contribution in [0.2, 0.25) is 0 Å². The molecule has 2 aromatic rings. The number of hydrogen-bond acceptors (Lipinski definition) is 7. The Morgan fingerprint density at radius 2 is 1.73 bits per heavy atom. The minimum absolute atomic E-state index is 0.00336. The molecule has 1 aliphatic carbocycles. The van der Waals surface area contributed by atoms with Crippen molar-refractivity contribution in [2.24, 2.45) is 0 Å². The molecule has 2 aliphatic rings. The normalized spacial score (nSPS) is 22.5. The van der Waals surface area contributed by atoms with Gasteiger partial charge in [-0.05, 0) is 43.2 Å². The lowest BCUT2D eigenvalue weighted by atomic mass is 9.91. The minimum atomic E-state index is -10.1. The average molecular weight is 667 g/mol. The highest BCUT2D eigenvalue weighted by Crippen LogP contribution is 3.02. The second-order valence-electron chi connectivity index (χ2n) is 11.4. The number of aromatic nitrogens is 1. The number of alkyl halides is 2. The number of halogens is 7. The molecule has 1 N–H and O–H groups in total. The Kier molecular flexibility index (Phi) is 8.74. The van der Waals surface area contributed by atoms with Gasteiger partial charge < -0.3 is 15.0 Å². The number of carbonyl (C=O) groups excluding carboxylic acids is 2. The number of anilines is 2. The van der Waals surface area contributed by atoms with Crippen molar-refractivity contribution in [3.8, 4) is 6.19 Å². The number of rotatable bonds is 9. The Balaban J connectivity index is 1.88. The largest absolute Gasteiger partial charge is 0.379 e. The molecule has 3 atom stereocenters. The molecule has 2 fully saturated rings. The second-order valence-corrected chi connectivity index (χ2v) is 13.8. The zero-order valence-corrected chi connectivity index (χ0v) is 25.4. The summed E-state index contributed by atoms with van der Waals surface area (Å²) in [7, 11) is -5.48. The number of hydrogen-bond donors (Lipinski definition) is 1. The fourth-order valence-corrected chi connectivity index (χ4v) is 6.27. The number of methoxy groups -OCH3 is 1. The van der Waals surface area contributed by atoms with Gasteiger partial charge in [-0.3, -0.25) is 24.4 Å². The summed E-state index contributed by atoms with van der Waals surface area (Å²) in [5.74, 6) is -4.67. The fraction of sp³-hybridized carbons (Fsp3) is 0.500. The van der Waals surface area contributed by atoms with E-state index in [2.05, 4.69) is 10.3 Å². The van der Waals surface area contributed by atoms with E-state index in [4.69, 9.17) is 4.74 Å². The Hall–Kier alpha value is -3.78. The van der Waals surface area contributed by atoms with Crippen molar-refractivity contribution in [2.45, 2.75) is 67.2 Å². The number of benzene rings is 1. The summed E-state index contributed by atoms with van der Waals surface area (Å²) >= 11 is 0. The summed E-state index contributed by atoms with van der Waals surface area (Å²) in [6, 6.07) is -0.547.